The van der Waals surface area contributed by atoms with Crippen molar-refractivity contribution in [3.05, 3.63) is 53.9 Å². The Kier molecular flexibility index (Phi) is 5.85. The first-order valence-electron chi connectivity index (χ1n) is 13.3. The highest BCUT2D eigenvalue weighted by Crippen LogP contribution is 2.52. The highest BCUT2D eigenvalue weighted by Gasteiger charge is 2.52. The predicted molar refractivity (Wildman–Crippen MR) is 139 cm³/mol. The van der Waals surface area contributed by atoms with Crippen molar-refractivity contribution in [2.24, 2.45) is 5.92 Å². The van der Waals surface area contributed by atoms with Crippen LogP contribution in [0.25, 0.3) is 11.0 Å². The maximum Gasteiger partial charge on any atom is 0.414 e. The van der Waals surface area contributed by atoms with Gasteiger partial charge < -0.3 is 19.1 Å². The number of carbonyl (C=O) groups excluding carboxylic acids is 1. The van der Waals surface area contributed by atoms with E-state index >= 15 is 0 Å². The largest absolute Gasteiger partial charge is 0.481 e. The summed E-state index contributed by atoms with van der Waals surface area (Å²) in [5.41, 5.74) is 3.38. The molecule has 8 nitrogen and oxygen atoms in total. The van der Waals surface area contributed by atoms with Gasteiger partial charge in [-0.25, -0.2) is 9.78 Å². The van der Waals surface area contributed by atoms with Crippen LogP contribution in [0.4, 0.5) is 10.5 Å². The molecule has 0 radical (unpaired) electrons. The van der Waals surface area contributed by atoms with Gasteiger partial charge in [0.1, 0.15) is 5.75 Å². The summed E-state index contributed by atoms with van der Waals surface area (Å²) in [7, 11) is 1.42. The number of benzene rings is 2. The van der Waals surface area contributed by atoms with Gasteiger partial charge in [-0.2, -0.15) is 0 Å². The maximum atomic E-state index is 12.7. The Morgan fingerprint density at radius 2 is 1.76 bits per heavy atom. The second-order valence-electron chi connectivity index (χ2n) is 10.7. The summed E-state index contributed by atoms with van der Waals surface area (Å²) in [6.07, 6.45) is 5.96. The highest BCUT2D eigenvalue weighted by molar-refractivity contribution is 5.95. The molecule has 2 aliphatic carbocycles. The second-order valence-corrected chi connectivity index (χ2v) is 10.7. The Hall–Kier alpha value is -3.55. The minimum atomic E-state index is -0.702. The van der Waals surface area contributed by atoms with Gasteiger partial charge in [-0.05, 0) is 82.6 Å². The van der Waals surface area contributed by atoms with E-state index in [1.165, 1.54) is 7.11 Å². The number of hydrogen-bond donors (Lipinski definition) is 1. The number of methoxy groups -OCH3 is 1. The molecule has 2 fully saturated rings. The van der Waals surface area contributed by atoms with Crippen LogP contribution in [-0.2, 0) is 21.6 Å². The van der Waals surface area contributed by atoms with Gasteiger partial charge in [0.15, 0.2) is 11.4 Å². The van der Waals surface area contributed by atoms with E-state index in [0.29, 0.717) is 12.8 Å². The third kappa shape index (κ3) is 4.03. The molecular formula is C29H33N3O5. The van der Waals surface area contributed by atoms with Gasteiger partial charge in [-0.15, -0.1) is 0 Å². The van der Waals surface area contributed by atoms with Crippen LogP contribution < -0.4 is 9.64 Å². The van der Waals surface area contributed by atoms with E-state index < -0.39 is 11.6 Å². The zero-order valence-corrected chi connectivity index (χ0v) is 21.4. The lowest BCUT2D eigenvalue weighted by Gasteiger charge is -2.34. The van der Waals surface area contributed by atoms with E-state index in [4.69, 9.17) is 14.5 Å². The van der Waals surface area contributed by atoms with Gasteiger partial charge >= 0.3 is 12.1 Å². The molecule has 2 aromatic carbocycles. The number of aromatic nitrogens is 2. The Labute approximate surface area is 216 Å². The van der Waals surface area contributed by atoms with Gasteiger partial charge in [0.25, 0.3) is 0 Å². The smallest absolute Gasteiger partial charge is 0.414 e. The lowest BCUT2D eigenvalue weighted by molar-refractivity contribution is -0.143. The van der Waals surface area contributed by atoms with E-state index in [-0.39, 0.29) is 24.1 Å². The number of carboxylic acids is 1. The number of anilines is 1. The Balaban J connectivity index is 1.48. The topological polar surface area (TPSA) is 93.9 Å². The summed E-state index contributed by atoms with van der Waals surface area (Å²) >= 11 is 0. The fourth-order valence-corrected chi connectivity index (χ4v) is 6.25. The third-order valence-electron chi connectivity index (χ3n) is 8.41. The number of fused-ring (bicyclic) bond motifs is 3. The molecule has 2 saturated carbocycles. The molecule has 0 bridgehead atoms. The van der Waals surface area contributed by atoms with E-state index in [1.54, 1.807) is 4.90 Å². The van der Waals surface area contributed by atoms with E-state index in [2.05, 4.69) is 10.6 Å². The van der Waals surface area contributed by atoms with E-state index in [1.807, 2.05) is 43.3 Å². The monoisotopic (exact) mass is 503 g/mol. The zero-order valence-electron chi connectivity index (χ0n) is 21.4. The van der Waals surface area contributed by atoms with Gasteiger partial charge in [0.2, 0.25) is 0 Å². The average molecular weight is 504 g/mol. The number of carbonyl (C=O) groups is 2. The van der Waals surface area contributed by atoms with Crippen LogP contribution in [-0.4, -0.2) is 39.9 Å². The van der Waals surface area contributed by atoms with Gasteiger partial charge in [-0.1, -0.05) is 18.2 Å². The maximum absolute atomic E-state index is 12.7. The zero-order chi connectivity index (χ0) is 25.7. The first-order valence-corrected chi connectivity index (χ1v) is 13.3. The quantitative estimate of drug-likeness (QED) is 0.471. The molecule has 0 spiro atoms. The fraction of sp³-hybridized carbons (Fsp3) is 0.483. The lowest BCUT2D eigenvalue weighted by atomic mass is 9.85. The SMILES string of the molecule is COC(=O)N1c2ccc3c(nc(C4(Oc5ccccc5)CC4)n3[C@H]3CC[C@H](C(=O)O)CC3)c2CC[C@@H]1C. The van der Waals surface area contributed by atoms with E-state index in [9.17, 15) is 14.7 Å². The third-order valence-corrected chi connectivity index (χ3v) is 8.41. The fourth-order valence-electron chi connectivity index (χ4n) is 6.25. The van der Waals surface area contributed by atoms with Crippen LogP contribution in [0.5, 0.6) is 5.75 Å². The molecule has 1 N–H and O–H groups in total. The van der Waals surface area contributed by atoms with Gasteiger partial charge in [0, 0.05) is 17.6 Å². The average Bonchev–Trinajstić information content (AvgIpc) is 3.58. The molecule has 0 saturated heterocycles. The van der Waals surface area contributed by atoms with Crippen molar-refractivity contribution >= 4 is 28.8 Å². The van der Waals surface area contributed by atoms with Crippen LogP contribution in [0, 0.1) is 5.92 Å². The van der Waals surface area contributed by atoms with Crippen molar-refractivity contribution in [1.82, 2.24) is 9.55 Å². The number of carboxylic acid groups (broad SMARTS) is 1. The molecule has 3 aliphatic rings. The molecule has 194 valence electrons. The molecule has 8 heteroatoms. The van der Waals surface area contributed by atoms with Crippen molar-refractivity contribution in [2.45, 2.75) is 76.0 Å². The van der Waals surface area contributed by atoms with Crippen molar-refractivity contribution in [2.75, 3.05) is 12.0 Å². The van der Waals surface area contributed by atoms with Crippen molar-refractivity contribution in [3.63, 3.8) is 0 Å². The Bertz CT molecular complexity index is 1340. The number of ether oxygens (including phenoxy) is 2. The summed E-state index contributed by atoms with van der Waals surface area (Å²) in [6.45, 7) is 2.04. The first-order chi connectivity index (χ1) is 17.9. The highest BCUT2D eigenvalue weighted by atomic mass is 16.5. The molecule has 1 amide bonds. The molecule has 1 aromatic heterocycles. The van der Waals surface area contributed by atoms with Crippen molar-refractivity contribution in [3.8, 4) is 5.75 Å². The van der Waals surface area contributed by atoms with Crippen LogP contribution >= 0.6 is 0 Å². The van der Waals surface area contributed by atoms with Crippen LogP contribution in [0.3, 0.4) is 0 Å². The number of rotatable bonds is 5. The lowest BCUT2D eigenvalue weighted by Crippen LogP contribution is -2.42. The molecule has 1 aliphatic heterocycles. The minimum absolute atomic E-state index is 0.0430. The molecule has 3 aromatic rings. The summed E-state index contributed by atoms with van der Waals surface area (Å²) in [5.74, 6) is 0.752. The van der Waals surface area contributed by atoms with Crippen molar-refractivity contribution < 1.29 is 24.2 Å². The normalized spacial score (nSPS) is 24.4. The molecule has 2 heterocycles. The second kappa shape index (κ2) is 9.08. The molecule has 37 heavy (non-hydrogen) atoms. The summed E-state index contributed by atoms with van der Waals surface area (Å²) in [4.78, 5) is 31.3. The molecular weight excluding hydrogens is 470 g/mol. The van der Waals surface area contributed by atoms with E-state index in [0.717, 1.165) is 72.4 Å². The Morgan fingerprint density at radius 1 is 1.03 bits per heavy atom. The number of imidazole rings is 1. The molecule has 0 unspecified atom stereocenters. The van der Waals surface area contributed by atoms with Crippen LogP contribution in [0.15, 0.2) is 42.5 Å². The van der Waals surface area contributed by atoms with Gasteiger partial charge in [-0.3, -0.25) is 9.69 Å². The summed E-state index contributed by atoms with van der Waals surface area (Å²) in [5, 5.41) is 9.55. The summed E-state index contributed by atoms with van der Waals surface area (Å²) < 4.78 is 14.0. The Morgan fingerprint density at radius 3 is 2.41 bits per heavy atom. The van der Waals surface area contributed by atoms with Crippen LogP contribution in [0.2, 0.25) is 0 Å². The minimum Gasteiger partial charge on any atom is -0.481 e. The number of aliphatic carboxylic acids is 1. The molecule has 1 atom stereocenters. The number of para-hydroxylation sites is 1. The summed E-state index contributed by atoms with van der Waals surface area (Å²) in [6, 6.07) is 14.2. The number of nitrogens with zero attached hydrogens (tertiary/aromatic N) is 3. The standard InChI is InChI=1S/C29H33N3O5/c1-18-8-13-22-23(31(18)28(35)36-2)14-15-24-25(22)30-27(29(16-17-29)37-21-6-4-3-5-7-21)32(24)20-11-9-19(10-12-20)26(33)34/h3-7,14-15,18-20H,8-13,16-17H2,1-2H3,(H,33,34)/t18-,19-,20-/m0/s1. The first kappa shape index (κ1) is 23.8. The number of hydrogen-bond acceptors (Lipinski definition) is 5. The number of amides is 1. The molecule has 6 rings (SSSR count). The number of aryl methyl sites for hydroxylation is 1. The van der Waals surface area contributed by atoms with Gasteiger partial charge in [0.05, 0.1) is 29.7 Å². The predicted octanol–water partition coefficient (Wildman–Crippen LogP) is 5.83. The van der Waals surface area contributed by atoms with Crippen LogP contribution in [0.1, 0.15) is 69.3 Å². The van der Waals surface area contributed by atoms with Crippen molar-refractivity contribution in [1.29, 1.82) is 0 Å².